The first-order valence-corrected chi connectivity index (χ1v) is 12.2. The van der Waals surface area contributed by atoms with Crippen LogP contribution < -0.4 is 29.8 Å². The molecule has 1 aliphatic rings. The minimum Gasteiger partial charge on any atom is -0.493 e. The average molecular weight is 511 g/mol. The molecule has 0 saturated heterocycles. The molecule has 1 aliphatic heterocycles. The van der Waals surface area contributed by atoms with Crippen LogP contribution in [0.15, 0.2) is 77.6 Å². The van der Waals surface area contributed by atoms with Crippen molar-refractivity contribution in [2.24, 2.45) is 0 Å². The number of fused-ring (bicyclic) bond motifs is 2. The van der Waals surface area contributed by atoms with E-state index >= 15 is 0 Å². The summed E-state index contributed by atoms with van der Waals surface area (Å²) < 4.78 is 24.0. The van der Waals surface area contributed by atoms with E-state index in [4.69, 9.17) is 24.0 Å². The van der Waals surface area contributed by atoms with Gasteiger partial charge in [-0.15, -0.1) is 0 Å². The first-order chi connectivity index (χ1) is 18.6. The summed E-state index contributed by atoms with van der Waals surface area (Å²) in [6, 6.07) is 22.9. The maximum Gasteiger partial charge on any atom is 0.254 e. The predicted molar refractivity (Wildman–Crippen MR) is 145 cm³/mol. The molecule has 0 spiro atoms. The number of hydrogen-bond acceptors (Lipinski definition) is 7. The SMILES string of the molecule is COc1ccc(-c2nn(-c3ccccc3)c3[nH]c(=O)c(CNc4ccc5c(c4)OCCO5)cc23)cc1OC. The number of aromatic nitrogens is 3. The van der Waals surface area contributed by atoms with Gasteiger partial charge in [-0.25, -0.2) is 4.68 Å². The van der Waals surface area contributed by atoms with Gasteiger partial charge in [0, 0.05) is 34.8 Å². The highest BCUT2D eigenvalue weighted by molar-refractivity contribution is 5.93. The normalized spacial score (nSPS) is 12.4. The van der Waals surface area contributed by atoms with Crippen LogP contribution in [0.3, 0.4) is 0 Å². The van der Waals surface area contributed by atoms with Crippen molar-refractivity contribution in [1.82, 2.24) is 14.8 Å². The van der Waals surface area contributed by atoms with Crippen LogP contribution in [0.5, 0.6) is 23.0 Å². The Kier molecular flexibility index (Phi) is 6.09. The number of benzene rings is 3. The molecule has 6 rings (SSSR count). The molecular weight excluding hydrogens is 484 g/mol. The molecule has 0 fully saturated rings. The number of rotatable bonds is 7. The average Bonchev–Trinajstić information content (AvgIpc) is 3.34. The lowest BCUT2D eigenvalue weighted by Gasteiger charge is -2.19. The summed E-state index contributed by atoms with van der Waals surface area (Å²) in [5, 5.41) is 9.04. The second-order valence-electron chi connectivity index (χ2n) is 8.76. The van der Waals surface area contributed by atoms with Gasteiger partial charge in [-0.1, -0.05) is 18.2 Å². The van der Waals surface area contributed by atoms with Gasteiger partial charge in [0.15, 0.2) is 23.0 Å². The second kappa shape index (κ2) is 9.85. The fourth-order valence-corrected chi connectivity index (χ4v) is 4.55. The van der Waals surface area contributed by atoms with E-state index in [0.717, 1.165) is 22.3 Å². The number of nitrogens with zero attached hydrogens (tertiary/aromatic N) is 2. The highest BCUT2D eigenvalue weighted by atomic mass is 16.6. The lowest BCUT2D eigenvalue weighted by Crippen LogP contribution is -2.17. The van der Waals surface area contributed by atoms with Crippen LogP contribution in [0.2, 0.25) is 0 Å². The number of para-hydroxylation sites is 1. The fraction of sp³-hybridized carbons (Fsp3) is 0.172. The molecule has 0 radical (unpaired) electrons. The van der Waals surface area contributed by atoms with E-state index in [-0.39, 0.29) is 5.56 Å². The van der Waals surface area contributed by atoms with E-state index in [1.165, 1.54) is 0 Å². The molecule has 5 aromatic rings. The molecule has 9 heteroatoms. The highest BCUT2D eigenvalue weighted by Crippen LogP contribution is 2.36. The number of pyridine rings is 1. The molecule has 0 amide bonds. The number of H-pyrrole nitrogens is 1. The van der Waals surface area contributed by atoms with Crippen LogP contribution in [0.25, 0.3) is 28.0 Å². The topological polar surface area (TPSA) is 99.6 Å². The predicted octanol–water partition coefficient (Wildman–Crippen LogP) is 4.78. The molecule has 0 atom stereocenters. The van der Waals surface area contributed by atoms with Gasteiger partial charge < -0.3 is 29.2 Å². The van der Waals surface area contributed by atoms with Crippen LogP contribution in [0.4, 0.5) is 5.69 Å². The summed E-state index contributed by atoms with van der Waals surface area (Å²) in [6.45, 7) is 1.36. The maximum atomic E-state index is 13.2. The fourth-order valence-electron chi connectivity index (χ4n) is 4.55. The van der Waals surface area contributed by atoms with Crippen LogP contribution in [-0.4, -0.2) is 42.2 Å². The number of aromatic amines is 1. The summed E-state index contributed by atoms with van der Waals surface area (Å²) in [5.74, 6) is 2.62. The minimum atomic E-state index is -0.196. The zero-order chi connectivity index (χ0) is 26.1. The minimum absolute atomic E-state index is 0.196. The van der Waals surface area contributed by atoms with E-state index in [1.807, 2.05) is 72.8 Å². The van der Waals surface area contributed by atoms with E-state index in [0.29, 0.717) is 59.7 Å². The van der Waals surface area contributed by atoms with Crippen molar-refractivity contribution < 1.29 is 18.9 Å². The Bertz CT molecular complexity index is 1680. The standard InChI is InChI=1S/C29H26N4O5/c1-35-23-10-8-18(15-25(23)36-2)27-22-14-19(17-30-20-9-11-24-26(16-20)38-13-12-37-24)29(34)31-28(22)33(32-27)21-6-4-3-5-7-21/h3-11,14-16,30H,12-13,17H2,1-2H3,(H,31,34). The first-order valence-electron chi connectivity index (χ1n) is 12.2. The van der Waals surface area contributed by atoms with Crippen LogP contribution in [0, 0.1) is 0 Å². The van der Waals surface area contributed by atoms with E-state index < -0.39 is 0 Å². The van der Waals surface area contributed by atoms with Gasteiger partial charge in [0.1, 0.15) is 24.6 Å². The number of anilines is 1. The highest BCUT2D eigenvalue weighted by Gasteiger charge is 2.19. The van der Waals surface area contributed by atoms with Crippen molar-refractivity contribution in [2.45, 2.75) is 6.54 Å². The molecule has 0 bridgehead atoms. The Labute approximate surface area is 218 Å². The molecule has 0 aliphatic carbocycles. The van der Waals surface area contributed by atoms with E-state index in [1.54, 1.807) is 18.9 Å². The number of nitrogens with one attached hydrogen (secondary N) is 2. The monoisotopic (exact) mass is 510 g/mol. The van der Waals surface area contributed by atoms with Gasteiger partial charge in [-0.2, -0.15) is 5.10 Å². The van der Waals surface area contributed by atoms with Gasteiger partial charge in [0.2, 0.25) is 0 Å². The second-order valence-corrected chi connectivity index (χ2v) is 8.76. The smallest absolute Gasteiger partial charge is 0.254 e. The largest absolute Gasteiger partial charge is 0.493 e. The van der Waals surface area contributed by atoms with E-state index in [2.05, 4.69) is 10.3 Å². The molecular formula is C29H26N4O5. The Hall–Kier alpha value is -4.92. The lowest BCUT2D eigenvalue weighted by atomic mass is 10.1. The Morgan fingerprint density at radius 1 is 0.921 bits per heavy atom. The van der Waals surface area contributed by atoms with Gasteiger partial charge in [-0.05, 0) is 48.5 Å². The number of methoxy groups -OCH3 is 2. The zero-order valence-corrected chi connectivity index (χ0v) is 21.0. The maximum absolute atomic E-state index is 13.2. The van der Waals surface area contributed by atoms with Crippen molar-refractivity contribution in [3.63, 3.8) is 0 Å². The Morgan fingerprint density at radius 2 is 1.71 bits per heavy atom. The Morgan fingerprint density at radius 3 is 2.50 bits per heavy atom. The molecule has 0 saturated carbocycles. The molecule has 3 aromatic carbocycles. The third-order valence-electron chi connectivity index (χ3n) is 6.45. The van der Waals surface area contributed by atoms with Gasteiger partial charge in [0.25, 0.3) is 5.56 Å². The molecule has 3 heterocycles. The molecule has 9 nitrogen and oxygen atoms in total. The lowest BCUT2D eigenvalue weighted by molar-refractivity contribution is 0.171. The molecule has 192 valence electrons. The summed E-state index contributed by atoms with van der Waals surface area (Å²) in [7, 11) is 3.20. The van der Waals surface area contributed by atoms with Gasteiger partial charge in [0.05, 0.1) is 19.9 Å². The third-order valence-corrected chi connectivity index (χ3v) is 6.45. The summed E-state index contributed by atoms with van der Waals surface area (Å²) in [5.41, 5.74) is 4.19. The summed E-state index contributed by atoms with van der Waals surface area (Å²) >= 11 is 0. The number of hydrogen-bond donors (Lipinski definition) is 2. The van der Waals surface area contributed by atoms with Crippen molar-refractivity contribution in [3.05, 3.63) is 88.7 Å². The first kappa shape index (κ1) is 23.5. The number of ether oxygens (including phenoxy) is 4. The Balaban J connectivity index is 1.43. The molecule has 38 heavy (non-hydrogen) atoms. The molecule has 0 unspecified atom stereocenters. The van der Waals surface area contributed by atoms with Crippen molar-refractivity contribution in [1.29, 1.82) is 0 Å². The molecule has 2 aromatic heterocycles. The third kappa shape index (κ3) is 4.28. The van der Waals surface area contributed by atoms with Crippen molar-refractivity contribution in [2.75, 3.05) is 32.8 Å². The quantitative estimate of drug-likeness (QED) is 0.325. The van der Waals surface area contributed by atoms with Gasteiger partial charge >= 0.3 is 0 Å². The summed E-state index contributed by atoms with van der Waals surface area (Å²) in [4.78, 5) is 16.2. The zero-order valence-electron chi connectivity index (χ0n) is 21.0. The van der Waals surface area contributed by atoms with E-state index in [9.17, 15) is 4.79 Å². The van der Waals surface area contributed by atoms with Crippen molar-refractivity contribution in [3.8, 4) is 39.9 Å². The molecule has 2 N–H and O–H groups in total. The summed E-state index contributed by atoms with van der Waals surface area (Å²) in [6.07, 6.45) is 0. The van der Waals surface area contributed by atoms with Crippen LogP contribution in [0.1, 0.15) is 5.56 Å². The van der Waals surface area contributed by atoms with Crippen LogP contribution >= 0.6 is 0 Å². The van der Waals surface area contributed by atoms with Crippen molar-refractivity contribution >= 4 is 16.7 Å². The van der Waals surface area contributed by atoms with Gasteiger partial charge in [-0.3, -0.25) is 4.79 Å². The van der Waals surface area contributed by atoms with Crippen LogP contribution in [-0.2, 0) is 6.54 Å².